The number of carbonyl (C=O) groups is 1. The molecule has 2 atom stereocenters. The van der Waals surface area contributed by atoms with Gasteiger partial charge < -0.3 is 19.7 Å². The number of anilines is 2. The third-order valence-electron chi connectivity index (χ3n) is 5.69. The van der Waals surface area contributed by atoms with E-state index in [0.717, 1.165) is 21.7 Å². The predicted octanol–water partition coefficient (Wildman–Crippen LogP) is 5.73. The lowest BCUT2D eigenvalue weighted by molar-refractivity contribution is -0.274. The van der Waals surface area contributed by atoms with Crippen LogP contribution in [0.2, 0.25) is 0 Å². The van der Waals surface area contributed by atoms with Gasteiger partial charge >= 0.3 is 12.5 Å². The van der Waals surface area contributed by atoms with Crippen LogP contribution in [-0.4, -0.2) is 42.4 Å². The molecule has 0 radical (unpaired) electrons. The number of alkyl halides is 6. The molecule has 192 valence electrons. The van der Waals surface area contributed by atoms with Crippen molar-refractivity contribution < 1.29 is 40.6 Å². The summed E-state index contributed by atoms with van der Waals surface area (Å²) in [6.45, 7) is 0. The van der Waals surface area contributed by atoms with Crippen LogP contribution in [0.3, 0.4) is 0 Å². The number of carbonyl (C=O) groups excluding carboxylic acids is 1. The number of ether oxygens (including phenoxy) is 2. The number of benzene rings is 2. The molecular weight excluding hydrogens is 494 g/mol. The molecular formula is C23H20F6N4O3. The fourth-order valence-corrected chi connectivity index (χ4v) is 3.89. The maximum Gasteiger partial charge on any atom is 0.573 e. The van der Waals surface area contributed by atoms with Crippen molar-refractivity contribution in [2.24, 2.45) is 0 Å². The highest BCUT2D eigenvalue weighted by molar-refractivity contribution is 6.04. The van der Waals surface area contributed by atoms with Gasteiger partial charge in [0.1, 0.15) is 17.3 Å². The molecule has 0 unspecified atom stereocenters. The van der Waals surface area contributed by atoms with Gasteiger partial charge in [0.15, 0.2) is 11.7 Å². The summed E-state index contributed by atoms with van der Waals surface area (Å²) < 4.78 is 88.5. The number of nitrogens with one attached hydrogen (secondary N) is 1. The fourth-order valence-electron chi connectivity index (χ4n) is 3.89. The molecule has 1 aliphatic heterocycles. The smallest absolute Gasteiger partial charge is 0.497 e. The Bertz CT molecular complexity index is 1220. The zero-order valence-electron chi connectivity index (χ0n) is 18.9. The molecule has 2 aromatic carbocycles. The maximum absolute atomic E-state index is 13.9. The number of amides is 1. The van der Waals surface area contributed by atoms with E-state index in [-0.39, 0.29) is 23.6 Å². The Morgan fingerprint density at radius 3 is 2.19 bits per heavy atom. The van der Waals surface area contributed by atoms with E-state index in [2.05, 4.69) is 15.2 Å². The molecule has 0 bridgehead atoms. The van der Waals surface area contributed by atoms with Gasteiger partial charge in [-0.3, -0.25) is 4.79 Å². The summed E-state index contributed by atoms with van der Waals surface area (Å²) in [7, 11) is 2.81. The molecule has 1 aromatic heterocycles. The molecule has 0 saturated carbocycles. The van der Waals surface area contributed by atoms with Crippen LogP contribution in [0.4, 0.5) is 37.8 Å². The molecule has 4 rings (SSSR count). The molecule has 1 amide bonds. The van der Waals surface area contributed by atoms with Crippen molar-refractivity contribution in [3.8, 4) is 11.5 Å². The number of nitrogens with zero attached hydrogens (tertiary/aromatic N) is 3. The van der Waals surface area contributed by atoms with Gasteiger partial charge in [0, 0.05) is 25.2 Å². The lowest BCUT2D eigenvalue weighted by Crippen LogP contribution is -2.35. The SMILES string of the molecule is COc1ccc([C@H]2C[C@H](C(F)(F)F)n3nc(C(=O)N(C)c4ccc(OC(F)(F)F)cc4)cc3N2)cc1. The van der Waals surface area contributed by atoms with E-state index < -0.39 is 36.3 Å². The molecule has 2 heterocycles. The number of methoxy groups -OCH3 is 1. The Labute approximate surface area is 201 Å². The van der Waals surface area contributed by atoms with Crippen LogP contribution < -0.4 is 19.7 Å². The van der Waals surface area contributed by atoms with Crippen molar-refractivity contribution >= 4 is 17.4 Å². The number of halogens is 6. The first kappa shape index (κ1) is 25.2. The summed E-state index contributed by atoms with van der Waals surface area (Å²) in [4.78, 5) is 14.0. The van der Waals surface area contributed by atoms with Crippen molar-refractivity contribution in [2.75, 3.05) is 24.4 Å². The molecule has 0 spiro atoms. The minimum Gasteiger partial charge on any atom is -0.497 e. The van der Waals surface area contributed by atoms with Crippen LogP contribution in [0, 0.1) is 0 Å². The van der Waals surface area contributed by atoms with Crippen LogP contribution in [0.15, 0.2) is 54.6 Å². The number of hydrogen-bond donors (Lipinski definition) is 1. The van der Waals surface area contributed by atoms with Crippen LogP contribution in [0.5, 0.6) is 11.5 Å². The van der Waals surface area contributed by atoms with Crippen molar-refractivity contribution in [1.29, 1.82) is 0 Å². The molecule has 7 nitrogen and oxygen atoms in total. The Morgan fingerprint density at radius 2 is 1.64 bits per heavy atom. The lowest BCUT2D eigenvalue weighted by Gasteiger charge is -2.33. The summed E-state index contributed by atoms with van der Waals surface area (Å²) in [5.41, 5.74) is 0.529. The molecule has 1 N–H and O–H groups in total. The third kappa shape index (κ3) is 5.34. The minimum absolute atomic E-state index is 0.00932. The summed E-state index contributed by atoms with van der Waals surface area (Å²) in [6.07, 6.45) is -9.85. The molecule has 0 saturated heterocycles. The maximum atomic E-state index is 13.9. The predicted molar refractivity (Wildman–Crippen MR) is 117 cm³/mol. The topological polar surface area (TPSA) is 68.6 Å². The van der Waals surface area contributed by atoms with E-state index in [1.54, 1.807) is 24.3 Å². The molecule has 3 aromatic rings. The first-order chi connectivity index (χ1) is 16.9. The Balaban J connectivity index is 1.59. The van der Waals surface area contributed by atoms with Gasteiger partial charge in [-0.05, 0) is 42.0 Å². The zero-order valence-corrected chi connectivity index (χ0v) is 18.9. The number of hydrogen-bond acceptors (Lipinski definition) is 5. The summed E-state index contributed by atoms with van der Waals surface area (Å²) in [5, 5.41) is 6.92. The average molecular weight is 514 g/mol. The van der Waals surface area contributed by atoms with E-state index in [0.29, 0.717) is 11.3 Å². The van der Waals surface area contributed by atoms with Crippen molar-refractivity contribution in [3.63, 3.8) is 0 Å². The highest BCUT2D eigenvalue weighted by Crippen LogP contribution is 2.44. The van der Waals surface area contributed by atoms with Gasteiger partial charge in [0.05, 0.1) is 13.2 Å². The second-order valence-electron chi connectivity index (χ2n) is 8.03. The van der Waals surface area contributed by atoms with Crippen LogP contribution >= 0.6 is 0 Å². The van der Waals surface area contributed by atoms with Gasteiger partial charge in [-0.2, -0.15) is 18.3 Å². The highest BCUT2D eigenvalue weighted by Gasteiger charge is 2.47. The third-order valence-corrected chi connectivity index (χ3v) is 5.69. The molecule has 1 aliphatic rings. The van der Waals surface area contributed by atoms with Gasteiger partial charge in [0.25, 0.3) is 5.91 Å². The quantitative estimate of drug-likeness (QED) is 0.441. The van der Waals surface area contributed by atoms with Gasteiger partial charge in [-0.15, -0.1) is 13.2 Å². The monoisotopic (exact) mass is 514 g/mol. The van der Waals surface area contributed by atoms with E-state index in [9.17, 15) is 31.1 Å². The Kier molecular flexibility index (Phi) is 6.50. The van der Waals surface area contributed by atoms with Crippen LogP contribution in [0.25, 0.3) is 0 Å². The first-order valence-electron chi connectivity index (χ1n) is 10.6. The molecule has 13 heteroatoms. The van der Waals surface area contributed by atoms with Crippen molar-refractivity contribution in [1.82, 2.24) is 9.78 Å². The highest BCUT2D eigenvalue weighted by atomic mass is 19.4. The summed E-state index contributed by atoms with van der Waals surface area (Å²) in [6, 6.07) is 9.59. The van der Waals surface area contributed by atoms with Gasteiger partial charge in [-0.25, -0.2) is 4.68 Å². The largest absolute Gasteiger partial charge is 0.573 e. The van der Waals surface area contributed by atoms with Gasteiger partial charge in [0.2, 0.25) is 0 Å². The van der Waals surface area contributed by atoms with E-state index in [4.69, 9.17) is 4.74 Å². The first-order valence-corrected chi connectivity index (χ1v) is 10.6. The number of rotatable bonds is 5. The standard InChI is InChI=1S/C23H20F6N4O3/c1-32(14-5-9-16(10-6-14)36-23(27,28)29)21(34)18-12-20-30-17(13-3-7-15(35-2)8-4-13)11-19(22(24,25)26)33(20)31-18/h3-10,12,17,19,30H,11H2,1-2H3/t17-,19-/m1/s1. The Morgan fingerprint density at radius 1 is 1.03 bits per heavy atom. The minimum atomic E-state index is -4.87. The zero-order chi connectivity index (χ0) is 26.3. The summed E-state index contributed by atoms with van der Waals surface area (Å²) in [5.74, 6) is -0.660. The number of fused-ring (bicyclic) bond motifs is 1. The fraction of sp³-hybridized carbons (Fsp3) is 0.304. The van der Waals surface area contributed by atoms with Gasteiger partial charge in [-0.1, -0.05) is 12.1 Å². The summed E-state index contributed by atoms with van der Waals surface area (Å²) >= 11 is 0. The molecule has 0 fully saturated rings. The van der Waals surface area contributed by atoms with Crippen LogP contribution in [0.1, 0.15) is 34.6 Å². The lowest BCUT2D eigenvalue weighted by atomic mass is 9.97. The Hall–Kier alpha value is -3.90. The number of aromatic nitrogens is 2. The van der Waals surface area contributed by atoms with E-state index in [1.165, 1.54) is 32.4 Å². The van der Waals surface area contributed by atoms with E-state index in [1.807, 2.05) is 0 Å². The second-order valence-corrected chi connectivity index (χ2v) is 8.03. The van der Waals surface area contributed by atoms with Crippen molar-refractivity contribution in [3.05, 3.63) is 65.9 Å². The van der Waals surface area contributed by atoms with Crippen molar-refractivity contribution in [2.45, 2.75) is 31.0 Å². The molecule has 36 heavy (non-hydrogen) atoms. The normalized spacial score (nSPS) is 17.7. The van der Waals surface area contributed by atoms with E-state index >= 15 is 0 Å². The molecule has 0 aliphatic carbocycles. The second kappa shape index (κ2) is 9.28. The average Bonchev–Trinajstić information content (AvgIpc) is 3.25. The van der Waals surface area contributed by atoms with Crippen LogP contribution in [-0.2, 0) is 0 Å².